The summed E-state index contributed by atoms with van der Waals surface area (Å²) in [4.78, 5) is 18.3. The maximum absolute atomic E-state index is 13.8. The quantitative estimate of drug-likeness (QED) is 0.835. The third kappa shape index (κ3) is 4.04. The van der Waals surface area contributed by atoms with Gasteiger partial charge < -0.3 is 4.90 Å². The smallest absolute Gasteiger partial charge is 0.253 e. The van der Waals surface area contributed by atoms with Crippen LogP contribution in [0.1, 0.15) is 28.0 Å². The molecule has 0 radical (unpaired) electrons. The Bertz CT molecular complexity index is 899. The second-order valence-electron chi connectivity index (χ2n) is 6.28. The van der Waals surface area contributed by atoms with Crippen LogP contribution in [0.4, 0.5) is 4.39 Å². The minimum absolute atomic E-state index is 0.00239. The maximum atomic E-state index is 13.8. The topological polar surface area (TPSA) is 67.3 Å². The molecule has 7 heteroatoms. The Morgan fingerprint density at radius 3 is 2.76 bits per heavy atom. The van der Waals surface area contributed by atoms with E-state index < -0.39 is 9.84 Å². The van der Waals surface area contributed by atoms with Crippen LogP contribution in [-0.2, 0) is 16.3 Å². The average molecular weight is 362 g/mol. The SMILES string of the molecule is CN(C(=O)c1ccnc(Cc2ccccc2F)c1)C1CCS(=O)(=O)C1. The first-order valence-electron chi connectivity index (χ1n) is 8.01. The molecular formula is C18H19FN2O3S. The zero-order valence-electron chi connectivity index (χ0n) is 13.9. The molecule has 0 N–H and O–H groups in total. The van der Waals surface area contributed by atoms with E-state index in [2.05, 4.69) is 4.98 Å². The number of sulfone groups is 1. The van der Waals surface area contributed by atoms with Crippen molar-refractivity contribution in [3.8, 4) is 0 Å². The van der Waals surface area contributed by atoms with E-state index in [-0.39, 0.29) is 35.7 Å². The number of carbonyl (C=O) groups excluding carboxylic acids is 1. The molecule has 0 spiro atoms. The Hall–Kier alpha value is -2.28. The second-order valence-corrected chi connectivity index (χ2v) is 8.51. The fourth-order valence-electron chi connectivity index (χ4n) is 3.00. The second kappa shape index (κ2) is 6.92. The summed E-state index contributed by atoms with van der Waals surface area (Å²) in [7, 11) is -1.44. The molecule has 1 unspecified atom stereocenters. The number of pyridine rings is 1. The Morgan fingerprint density at radius 1 is 1.32 bits per heavy atom. The van der Waals surface area contributed by atoms with Gasteiger partial charge in [0.2, 0.25) is 0 Å². The fourth-order valence-corrected chi connectivity index (χ4v) is 4.77. The third-order valence-electron chi connectivity index (χ3n) is 4.47. The molecule has 1 aliphatic rings. The number of carbonyl (C=O) groups is 1. The Balaban J connectivity index is 1.77. The van der Waals surface area contributed by atoms with Crippen LogP contribution in [0.25, 0.3) is 0 Å². The predicted octanol–water partition coefficient (Wildman–Crippen LogP) is 2.07. The van der Waals surface area contributed by atoms with E-state index in [4.69, 9.17) is 0 Å². The molecule has 25 heavy (non-hydrogen) atoms. The molecule has 2 aromatic rings. The molecule has 0 aliphatic carbocycles. The summed E-state index contributed by atoms with van der Waals surface area (Å²) in [6, 6.07) is 9.36. The van der Waals surface area contributed by atoms with Gasteiger partial charge in [0.05, 0.1) is 11.5 Å². The molecule has 132 valence electrons. The first-order chi connectivity index (χ1) is 11.9. The van der Waals surface area contributed by atoms with E-state index in [1.165, 1.54) is 17.2 Å². The Morgan fingerprint density at radius 2 is 2.08 bits per heavy atom. The molecular weight excluding hydrogens is 343 g/mol. The molecule has 0 saturated carbocycles. The monoisotopic (exact) mass is 362 g/mol. The number of hydrogen-bond donors (Lipinski definition) is 0. The lowest BCUT2D eigenvalue weighted by atomic mass is 10.1. The lowest BCUT2D eigenvalue weighted by molar-refractivity contribution is 0.0747. The minimum atomic E-state index is -3.06. The van der Waals surface area contributed by atoms with Crippen LogP contribution in [-0.4, -0.2) is 48.8 Å². The highest BCUT2D eigenvalue weighted by Crippen LogP contribution is 2.19. The maximum Gasteiger partial charge on any atom is 0.253 e. The Labute approximate surface area is 146 Å². The molecule has 3 rings (SSSR count). The van der Waals surface area contributed by atoms with Gasteiger partial charge in [-0.2, -0.15) is 0 Å². The van der Waals surface area contributed by atoms with Crippen molar-refractivity contribution >= 4 is 15.7 Å². The summed E-state index contributed by atoms with van der Waals surface area (Å²) in [6.07, 6.45) is 2.26. The number of aromatic nitrogens is 1. The Kier molecular flexibility index (Phi) is 4.85. The van der Waals surface area contributed by atoms with Gasteiger partial charge in [0.1, 0.15) is 5.82 Å². The van der Waals surface area contributed by atoms with Gasteiger partial charge in [0.25, 0.3) is 5.91 Å². The first kappa shape index (κ1) is 17.5. The number of nitrogens with zero attached hydrogens (tertiary/aromatic N) is 2. The lowest BCUT2D eigenvalue weighted by Crippen LogP contribution is -2.37. The van der Waals surface area contributed by atoms with Crippen LogP contribution >= 0.6 is 0 Å². The number of halogens is 1. The molecule has 0 bridgehead atoms. The van der Waals surface area contributed by atoms with Crippen molar-refractivity contribution in [1.82, 2.24) is 9.88 Å². The highest BCUT2D eigenvalue weighted by Gasteiger charge is 2.33. The van der Waals surface area contributed by atoms with E-state index in [0.29, 0.717) is 23.2 Å². The van der Waals surface area contributed by atoms with E-state index >= 15 is 0 Å². The average Bonchev–Trinajstić information content (AvgIpc) is 2.96. The molecule has 5 nitrogen and oxygen atoms in total. The molecule has 1 atom stereocenters. The molecule has 1 aliphatic heterocycles. The van der Waals surface area contributed by atoms with Crippen LogP contribution in [0.3, 0.4) is 0 Å². The fraction of sp³-hybridized carbons (Fsp3) is 0.333. The van der Waals surface area contributed by atoms with Gasteiger partial charge in [-0.3, -0.25) is 9.78 Å². The van der Waals surface area contributed by atoms with Crippen LogP contribution < -0.4 is 0 Å². The number of amides is 1. The molecule has 1 aromatic heterocycles. The van der Waals surface area contributed by atoms with Crippen LogP contribution in [0.2, 0.25) is 0 Å². The van der Waals surface area contributed by atoms with Gasteiger partial charge in [-0.15, -0.1) is 0 Å². The van der Waals surface area contributed by atoms with E-state index in [1.807, 2.05) is 0 Å². The normalized spacial score (nSPS) is 18.9. The summed E-state index contributed by atoms with van der Waals surface area (Å²) in [6.45, 7) is 0. The molecule has 1 fully saturated rings. The zero-order chi connectivity index (χ0) is 18.0. The van der Waals surface area contributed by atoms with Gasteiger partial charge in [-0.05, 0) is 30.2 Å². The standard InChI is InChI=1S/C18H19FN2O3S/c1-21(16-7-9-25(23,24)12-16)18(22)14-6-8-20-15(11-14)10-13-4-2-3-5-17(13)19/h2-6,8,11,16H,7,9-10,12H2,1H3. The van der Waals surface area contributed by atoms with Crippen molar-refractivity contribution in [2.24, 2.45) is 0 Å². The van der Waals surface area contributed by atoms with Crippen molar-refractivity contribution in [2.75, 3.05) is 18.6 Å². The van der Waals surface area contributed by atoms with Crippen molar-refractivity contribution in [3.05, 3.63) is 65.2 Å². The minimum Gasteiger partial charge on any atom is -0.338 e. The van der Waals surface area contributed by atoms with E-state index in [9.17, 15) is 17.6 Å². The summed E-state index contributed by atoms with van der Waals surface area (Å²) in [5.41, 5.74) is 1.52. The number of rotatable bonds is 4. The van der Waals surface area contributed by atoms with E-state index in [0.717, 1.165) is 0 Å². The zero-order valence-corrected chi connectivity index (χ0v) is 14.7. The third-order valence-corrected chi connectivity index (χ3v) is 6.22. The van der Waals surface area contributed by atoms with Gasteiger partial charge in [-0.25, -0.2) is 12.8 Å². The highest BCUT2D eigenvalue weighted by atomic mass is 32.2. The summed E-state index contributed by atoms with van der Waals surface area (Å²) < 4.78 is 37.0. The predicted molar refractivity (Wildman–Crippen MR) is 92.6 cm³/mol. The van der Waals surface area contributed by atoms with Crippen molar-refractivity contribution in [2.45, 2.75) is 18.9 Å². The molecule has 1 aromatic carbocycles. The van der Waals surface area contributed by atoms with Gasteiger partial charge >= 0.3 is 0 Å². The van der Waals surface area contributed by atoms with Crippen molar-refractivity contribution in [3.63, 3.8) is 0 Å². The summed E-state index contributed by atoms with van der Waals surface area (Å²) >= 11 is 0. The largest absolute Gasteiger partial charge is 0.338 e. The summed E-state index contributed by atoms with van der Waals surface area (Å²) in [5, 5.41) is 0. The van der Waals surface area contributed by atoms with Crippen LogP contribution in [0.5, 0.6) is 0 Å². The van der Waals surface area contributed by atoms with Gasteiger partial charge in [0.15, 0.2) is 9.84 Å². The van der Waals surface area contributed by atoms with Gasteiger partial charge in [0, 0.05) is 37.0 Å². The summed E-state index contributed by atoms with van der Waals surface area (Å²) in [5.74, 6) is -0.444. The number of hydrogen-bond acceptors (Lipinski definition) is 4. The first-order valence-corrected chi connectivity index (χ1v) is 9.84. The van der Waals surface area contributed by atoms with E-state index in [1.54, 1.807) is 37.4 Å². The molecule has 2 heterocycles. The molecule has 1 amide bonds. The highest BCUT2D eigenvalue weighted by molar-refractivity contribution is 7.91. The molecule has 1 saturated heterocycles. The van der Waals surface area contributed by atoms with Crippen molar-refractivity contribution < 1.29 is 17.6 Å². The number of benzene rings is 1. The van der Waals surface area contributed by atoms with Crippen LogP contribution in [0.15, 0.2) is 42.6 Å². The van der Waals surface area contributed by atoms with Gasteiger partial charge in [-0.1, -0.05) is 18.2 Å². The van der Waals surface area contributed by atoms with Crippen molar-refractivity contribution in [1.29, 1.82) is 0 Å². The lowest BCUT2D eigenvalue weighted by Gasteiger charge is -2.23. The van der Waals surface area contributed by atoms with Crippen LogP contribution in [0, 0.1) is 5.82 Å².